The number of nitrogens with zero attached hydrogens (tertiary/aromatic N) is 2. The van der Waals surface area contributed by atoms with Crippen molar-refractivity contribution in [3.05, 3.63) is 5.69 Å². The second-order valence-electron chi connectivity index (χ2n) is 5.42. The van der Waals surface area contributed by atoms with Gasteiger partial charge in [-0.15, -0.1) is 0 Å². The van der Waals surface area contributed by atoms with Crippen LogP contribution in [0.2, 0.25) is 0 Å². The minimum Gasteiger partial charge on any atom is -0.381 e. The maximum Gasteiger partial charge on any atom is 0.148 e. The summed E-state index contributed by atoms with van der Waals surface area (Å²) in [5.74, 6) is 1.15. The molecule has 1 saturated heterocycles. The molecule has 3 rings (SSSR count). The lowest BCUT2D eigenvalue weighted by atomic mass is 9.88. The third-order valence-corrected chi connectivity index (χ3v) is 4.04. The highest BCUT2D eigenvalue weighted by Gasteiger charge is 2.37. The summed E-state index contributed by atoms with van der Waals surface area (Å²) in [5, 5.41) is 11.9. The number of rotatable bonds is 2. The summed E-state index contributed by atoms with van der Waals surface area (Å²) in [4.78, 5) is 0. The van der Waals surface area contributed by atoms with E-state index in [2.05, 4.69) is 22.7 Å². The molecule has 0 unspecified atom stereocenters. The van der Waals surface area contributed by atoms with Crippen LogP contribution in [0.3, 0.4) is 0 Å². The molecule has 18 heavy (non-hydrogen) atoms. The van der Waals surface area contributed by atoms with Gasteiger partial charge in [0, 0.05) is 26.8 Å². The summed E-state index contributed by atoms with van der Waals surface area (Å²) in [6, 6.07) is 0. The van der Waals surface area contributed by atoms with E-state index in [1.807, 2.05) is 11.7 Å². The van der Waals surface area contributed by atoms with Gasteiger partial charge in [-0.1, -0.05) is 13.3 Å². The van der Waals surface area contributed by atoms with Gasteiger partial charge in [0.1, 0.15) is 11.5 Å². The van der Waals surface area contributed by atoms with Crippen LogP contribution in [0, 0.1) is 0 Å². The van der Waals surface area contributed by atoms with Crippen molar-refractivity contribution in [2.45, 2.75) is 38.1 Å². The molecule has 0 amide bonds. The zero-order chi connectivity index (χ0) is 12.6. The van der Waals surface area contributed by atoms with Gasteiger partial charge in [-0.3, -0.25) is 4.68 Å². The van der Waals surface area contributed by atoms with Gasteiger partial charge in [0.25, 0.3) is 0 Å². The van der Waals surface area contributed by atoms with Crippen molar-refractivity contribution in [1.82, 2.24) is 9.78 Å². The molecule has 5 heteroatoms. The van der Waals surface area contributed by atoms with Crippen molar-refractivity contribution in [2.24, 2.45) is 7.05 Å². The van der Waals surface area contributed by atoms with Gasteiger partial charge < -0.3 is 15.4 Å². The van der Waals surface area contributed by atoms with Crippen LogP contribution in [0.1, 0.15) is 31.9 Å². The van der Waals surface area contributed by atoms with Crippen molar-refractivity contribution in [3.8, 4) is 0 Å². The first-order valence-corrected chi connectivity index (χ1v) is 6.90. The van der Waals surface area contributed by atoms with Crippen LogP contribution in [0.25, 0.3) is 0 Å². The van der Waals surface area contributed by atoms with E-state index in [4.69, 9.17) is 4.74 Å². The quantitative estimate of drug-likeness (QED) is 0.840. The van der Waals surface area contributed by atoms with Gasteiger partial charge in [-0.25, -0.2) is 0 Å². The molecular weight excluding hydrogens is 228 g/mol. The van der Waals surface area contributed by atoms with Crippen LogP contribution in [0.5, 0.6) is 0 Å². The number of anilines is 2. The predicted octanol–water partition coefficient (Wildman–Crippen LogP) is 1.76. The topological polar surface area (TPSA) is 51.1 Å². The van der Waals surface area contributed by atoms with Crippen LogP contribution in [0.4, 0.5) is 11.5 Å². The summed E-state index contributed by atoms with van der Waals surface area (Å²) < 4.78 is 7.44. The van der Waals surface area contributed by atoms with E-state index in [1.54, 1.807) is 0 Å². The standard InChI is InChI=1S/C13H22N4O/c1-3-4-10-11-12(17(2)16-10)15-13(9-14-11)5-7-18-8-6-13/h14-15H,3-9H2,1-2H3. The normalized spacial score (nSPS) is 21.2. The number of aryl methyl sites for hydroxylation is 2. The van der Waals surface area contributed by atoms with Crippen LogP contribution in [-0.2, 0) is 18.2 Å². The van der Waals surface area contributed by atoms with E-state index in [-0.39, 0.29) is 5.54 Å². The van der Waals surface area contributed by atoms with E-state index in [0.29, 0.717) is 0 Å². The summed E-state index contributed by atoms with van der Waals surface area (Å²) in [5.41, 5.74) is 2.54. The predicted molar refractivity (Wildman–Crippen MR) is 72.1 cm³/mol. The van der Waals surface area contributed by atoms with Crippen molar-refractivity contribution >= 4 is 11.5 Å². The largest absolute Gasteiger partial charge is 0.381 e. The molecule has 2 aliphatic heterocycles. The van der Waals surface area contributed by atoms with Crippen molar-refractivity contribution in [3.63, 3.8) is 0 Å². The van der Waals surface area contributed by atoms with Crippen LogP contribution in [0.15, 0.2) is 0 Å². The fraction of sp³-hybridized carbons (Fsp3) is 0.769. The Labute approximate surface area is 108 Å². The van der Waals surface area contributed by atoms with E-state index < -0.39 is 0 Å². The first-order valence-electron chi connectivity index (χ1n) is 6.90. The first kappa shape index (κ1) is 11.8. The Morgan fingerprint density at radius 3 is 2.89 bits per heavy atom. The number of nitrogens with one attached hydrogen (secondary N) is 2. The van der Waals surface area contributed by atoms with E-state index in [0.717, 1.165) is 51.3 Å². The average molecular weight is 250 g/mol. The molecule has 1 spiro atoms. The molecule has 0 radical (unpaired) electrons. The Morgan fingerprint density at radius 2 is 2.17 bits per heavy atom. The van der Waals surface area contributed by atoms with E-state index >= 15 is 0 Å². The third-order valence-electron chi connectivity index (χ3n) is 4.04. The number of aromatic nitrogens is 2. The lowest BCUT2D eigenvalue weighted by Crippen LogP contribution is -2.51. The zero-order valence-electron chi connectivity index (χ0n) is 11.3. The Morgan fingerprint density at radius 1 is 1.39 bits per heavy atom. The third kappa shape index (κ3) is 1.86. The molecule has 1 fully saturated rings. The van der Waals surface area contributed by atoms with Gasteiger partial charge >= 0.3 is 0 Å². The van der Waals surface area contributed by atoms with Gasteiger partial charge in [-0.2, -0.15) is 5.10 Å². The smallest absolute Gasteiger partial charge is 0.148 e. The Balaban J connectivity index is 1.88. The van der Waals surface area contributed by atoms with Crippen LogP contribution >= 0.6 is 0 Å². The highest BCUT2D eigenvalue weighted by molar-refractivity contribution is 5.71. The number of hydrogen-bond donors (Lipinski definition) is 2. The fourth-order valence-corrected chi connectivity index (χ4v) is 2.94. The maximum absolute atomic E-state index is 5.47. The van der Waals surface area contributed by atoms with Crippen LogP contribution < -0.4 is 10.6 Å². The molecule has 2 aliphatic rings. The molecule has 0 saturated carbocycles. The highest BCUT2D eigenvalue weighted by atomic mass is 16.5. The van der Waals surface area contributed by atoms with Crippen LogP contribution in [-0.4, -0.2) is 35.1 Å². The highest BCUT2D eigenvalue weighted by Crippen LogP contribution is 2.37. The molecule has 1 aromatic rings. The van der Waals surface area contributed by atoms with Gasteiger partial charge in [-0.05, 0) is 19.3 Å². The molecule has 5 nitrogen and oxygen atoms in total. The summed E-state index contributed by atoms with van der Waals surface area (Å²) in [7, 11) is 2.02. The lowest BCUT2D eigenvalue weighted by Gasteiger charge is -2.42. The molecule has 0 atom stereocenters. The molecule has 0 bridgehead atoms. The maximum atomic E-state index is 5.47. The van der Waals surface area contributed by atoms with E-state index in [9.17, 15) is 0 Å². The minimum atomic E-state index is 0.155. The monoisotopic (exact) mass is 250 g/mol. The van der Waals surface area contributed by atoms with Gasteiger partial charge in [0.2, 0.25) is 0 Å². The number of hydrogen-bond acceptors (Lipinski definition) is 4. The van der Waals surface area contributed by atoms with E-state index in [1.165, 1.54) is 11.4 Å². The molecule has 2 N–H and O–H groups in total. The lowest BCUT2D eigenvalue weighted by molar-refractivity contribution is 0.0632. The summed E-state index contributed by atoms with van der Waals surface area (Å²) >= 11 is 0. The summed E-state index contributed by atoms with van der Waals surface area (Å²) in [6.45, 7) is 4.87. The summed E-state index contributed by atoms with van der Waals surface area (Å²) in [6.07, 6.45) is 4.29. The fourth-order valence-electron chi connectivity index (χ4n) is 2.94. The second kappa shape index (κ2) is 4.46. The molecular formula is C13H22N4O. The number of fused-ring (bicyclic) bond motifs is 1. The Bertz CT molecular complexity index is 434. The number of ether oxygens (including phenoxy) is 1. The van der Waals surface area contributed by atoms with Crippen molar-refractivity contribution < 1.29 is 4.74 Å². The minimum absolute atomic E-state index is 0.155. The second-order valence-corrected chi connectivity index (χ2v) is 5.42. The Hall–Kier alpha value is -1.23. The molecule has 0 aromatic carbocycles. The molecule has 0 aliphatic carbocycles. The van der Waals surface area contributed by atoms with Crippen molar-refractivity contribution in [2.75, 3.05) is 30.4 Å². The van der Waals surface area contributed by atoms with Gasteiger partial charge in [0.15, 0.2) is 0 Å². The van der Waals surface area contributed by atoms with Crippen molar-refractivity contribution in [1.29, 1.82) is 0 Å². The SMILES string of the molecule is CCCc1nn(C)c2c1NCC1(CCOCC1)N2. The molecule has 100 valence electrons. The first-order chi connectivity index (χ1) is 8.74. The zero-order valence-corrected chi connectivity index (χ0v) is 11.3. The molecule has 1 aromatic heterocycles. The molecule has 3 heterocycles. The van der Waals surface area contributed by atoms with Gasteiger partial charge in [0.05, 0.1) is 11.2 Å². The average Bonchev–Trinajstić information content (AvgIpc) is 2.67. The Kier molecular flexibility index (Phi) is 2.93.